The molecule has 4 heterocycles. The summed E-state index contributed by atoms with van der Waals surface area (Å²) in [6, 6.07) is 16.8. The van der Waals surface area contributed by atoms with E-state index in [0.29, 0.717) is 13.1 Å². The van der Waals surface area contributed by atoms with Gasteiger partial charge in [0.1, 0.15) is 11.6 Å². The van der Waals surface area contributed by atoms with Gasteiger partial charge in [-0.2, -0.15) is 0 Å². The third-order valence-corrected chi connectivity index (χ3v) is 9.53. The molecule has 1 spiro atoms. The van der Waals surface area contributed by atoms with Crippen molar-refractivity contribution in [3.05, 3.63) is 90.5 Å². The first-order chi connectivity index (χ1) is 20.3. The number of anilines is 1. The number of hydrogen-bond donors (Lipinski definition) is 1. The first kappa shape index (κ1) is 28.4. The van der Waals surface area contributed by atoms with Crippen LogP contribution in [0.15, 0.2) is 85.0 Å². The number of para-hydroxylation sites is 1. The molecule has 8 heteroatoms. The number of carbonyl (C=O) groups is 3. The minimum atomic E-state index is -1.38. The van der Waals surface area contributed by atoms with E-state index in [4.69, 9.17) is 4.74 Å². The van der Waals surface area contributed by atoms with Crippen molar-refractivity contribution in [2.45, 2.75) is 62.9 Å². The van der Waals surface area contributed by atoms with Gasteiger partial charge in [-0.1, -0.05) is 86.2 Å². The Kier molecular flexibility index (Phi) is 7.31. The summed E-state index contributed by atoms with van der Waals surface area (Å²) in [5, 5.41) is 10.7. The van der Waals surface area contributed by atoms with E-state index in [1.54, 1.807) is 4.90 Å². The smallest absolute Gasteiger partial charge is 0.249 e. The van der Waals surface area contributed by atoms with Gasteiger partial charge in [0, 0.05) is 24.8 Å². The maximum Gasteiger partial charge on any atom is 0.249 e. The second kappa shape index (κ2) is 10.8. The minimum absolute atomic E-state index is 0.0554. The fraction of sp³-hybridized carbons (Fsp3) is 0.441. The Balaban J connectivity index is 1.52. The van der Waals surface area contributed by atoms with Crippen molar-refractivity contribution in [3.63, 3.8) is 0 Å². The number of nitrogens with zero attached hydrogens (tertiary/aromatic N) is 3. The molecule has 0 aliphatic carbocycles. The lowest BCUT2D eigenvalue weighted by molar-refractivity contribution is -0.155. The zero-order valence-electron chi connectivity index (χ0n) is 24.4. The quantitative estimate of drug-likeness (QED) is 0.512. The van der Waals surface area contributed by atoms with Crippen molar-refractivity contribution >= 4 is 23.4 Å². The number of ether oxygens (including phenoxy) is 1. The number of aliphatic hydroxyl groups excluding tert-OH is 1. The Morgan fingerprint density at radius 2 is 1.57 bits per heavy atom. The molecule has 2 fully saturated rings. The van der Waals surface area contributed by atoms with Crippen molar-refractivity contribution < 1.29 is 24.2 Å². The van der Waals surface area contributed by atoms with E-state index in [-0.39, 0.29) is 30.4 Å². The van der Waals surface area contributed by atoms with Crippen LogP contribution in [0.25, 0.3) is 0 Å². The van der Waals surface area contributed by atoms with E-state index in [0.717, 1.165) is 24.1 Å². The topological polar surface area (TPSA) is 90.4 Å². The van der Waals surface area contributed by atoms with Crippen molar-refractivity contribution in [1.82, 2.24) is 9.80 Å². The lowest BCUT2D eigenvalue weighted by Gasteiger charge is -2.41. The molecule has 220 valence electrons. The highest BCUT2D eigenvalue weighted by atomic mass is 16.5. The maximum atomic E-state index is 14.8. The highest BCUT2D eigenvalue weighted by molar-refractivity contribution is 6.04. The molecule has 42 heavy (non-hydrogen) atoms. The van der Waals surface area contributed by atoms with Crippen LogP contribution in [0.2, 0.25) is 0 Å². The molecule has 2 saturated heterocycles. The van der Waals surface area contributed by atoms with Gasteiger partial charge in [-0.25, -0.2) is 0 Å². The number of fused-ring (bicyclic) bond motifs is 2. The molecule has 6 rings (SSSR count). The average Bonchev–Trinajstić information content (AvgIpc) is 3.26. The second-order valence-electron chi connectivity index (χ2n) is 12.1. The van der Waals surface area contributed by atoms with Crippen molar-refractivity contribution in [3.8, 4) is 0 Å². The van der Waals surface area contributed by atoms with Gasteiger partial charge in [0.2, 0.25) is 17.7 Å². The molecule has 8 nitrogen and oxygen atoms in total. The highest BCUT2D eigenvalue weighted by Gasteiger charge is 2.75. The molecule has 1 N–H and O–H groups in total. The molecule has 2 aromatic rings. The molecule has 3 amide bonds. The summed E-state index contributed by atoms with van der Waals surface area (Å²) in [6.07, 6.45) is 9.31. The van der Waals surface area contributed by atoms with Crippen LogP contribution in [-0.4, -0.2) is 75.6 Å². The Labute approximate surface area is 247 Å². The summed E-state index contributed by atoms with van der Waals surface area (Å²) in [5.41, 5.74) is -1.03. The summed E-state index contributed by atoms with van der Waals surface area (Å²) in [7, 11) is 0. The molecule has 0 radical (unpaired) electrons. The molecular weight excluding hydrogens is 530 g/mol. The van der Waals surface area contributed by atoms with Gasteiger partial charge in [-0.3, -0.25) is 14.4 Å². The molecule has 0 bridgehead atoms. The standard InChI is InChI=1S/C34H39N3O5/c1-4-13-23(2)35-20-12-19-34-28(31(40)37(29(34)32(35)41)26(22-38)24-14-7-5-8-15-24)27-30(39)36(25-16-9-6-10-17-25)21-11-18-33(27,3)42-34/h5-12,14-19,23,26-29,38H,4,13,20-22H2,1-3H3/t23?,26-,27-,28+,29?,33+,34+/m1/s1. The summed E-state index contributed by atoms with van der Waals surface area (Å²) in [4.78, 5) is 49.0. The van der Waals surface area contributed by atoms with Gasteiger partial charge >= 0.3 is 0 Å². The summed E-state index contributed by atoms with van der Waals surface area (Å²) in [6.45, 7) is 6.32. The number of aliphatic hydroxyl groups is 1. The summed E-state index contributed by atoms with van der Waals surface area (Å²) < 4.78 is 6.96. The molecule has 0 aromatic heterocycles. The van der Waals surface area contributed by atoms with Gasteiger partial charge in [0.05, 0.1) is 30.1 Å². The van der Waals surface area contributed by atoms with Gasteiger partial charge in [-0.15, -0.1) is 0 Å². The van der Waals surface area contributed by atoms with Crippen LogP contribution in [0, 0.1) is 11.8 Å². The van der Waals surface area contributed by atoms with Crippen LogP contribution in [0.3, 0.4) is 0 Å². The van der Waals surface area contributed by atoms with Crippen molar-refractivity contribution in [2.24, 2.45) is 11.8 Å². The van der Waals surface area contributed by atoms with E-state index in [9.17, 15) is 19.5 Å². The molecule has 0 saturated carbocycles. The second-order valence-corrected chi connectivity index (χ2v) is 12.1. The van der Waals surface area contributed by atoms with Crippen LogP contribution in [0.1, 0.15) is 45.2 Å². The Bertz CT molecular complexity index is 1410. The monoisotopic (exact) mass is 569 g/mol. The highest BCUT2D eigenvalue weighted by Crippen LogP contribution is 2.59. The van der Waals surface area contributed by atoms with E-state index < -0.39 is 35.1 Å². The largest absolute Gasteiger partial charge is 0.394 e. The fourth-order valence-corrected chi connectivity index (χ4v) is 7.65. The first-order valence-corrected chi connectivity index (χ1v) is 15.0. The Hall–Kier alpha value is -3.75. The summed E-state index contributed by atoms with van der Waals surface area (Å²) >= 11 is 0. The van der Waals surface area contributed by atoms with Crippen LogP contribution in [0.4, 0.5) is 5.69 Å². The molecule has 2 aromatic carbocycles. The number of amides is 3. The number of likely N-dealkylation sites (tertiary alicyclic amines) is 1. The van der Waals surface area contributed by atoms with E-state index >= 15 is 0 Å². The van der Waals surface area contributed by atoms with Crippen molar-refractivity contribution in [2.75, 3.05) is 24.6 Å². The Morgan fingerprint density at radius 3 is 2.24 bits per heavy atom. The zero-order valence-corrected chi connectivity index (χ0v) is 24.4. The zero-order chi connectivity index (χ0) is 29.6. The first-order valence-electron chi connectivity index (χ1n) is 15.0. The average molecular weight is 570 g/mol. The predicted octanol–water partition coefficient (Wildman–Crippen LogP) is 3.88. The third-order valence-electron chi connectivity index (χ3n) is 9.53. The van der Waals surface area contributed by atoms with Crippen LogP contribution in [0.5, 0.6) is 0 Å². The number of carbonyl (C=O) groups excluding carboxylic acids is 3. The van der Waals surface area contributed by atoms with E-state index in [1.165, 1.54) is 4.90 Å². The van der Waals surface area contributed by atoms with E-state index in [1.807, 2.05) is 104 Å². The maximum absolute atomic E-state index is 14.8. The van der Waals surface area contributed by atoms with Gasteiger partial charge in [0.25, 0.3) is 0 Å². The van der Waals surface area contributed by atoms with Gasteiger partial charge in [0.15, 0.2) is 0 Å². The molecule has 7 atom stereocenters. The fourth-order valence-electron chi connectivity index (χ4n) is 7.65. The van der Waals surface area contributed by atoms with Gasteiger partial charge in [-0.05, 0) is 38.0 Å². The number of benzene rings is 2. The van der Waals surface area contributed by atoms with Crippen LogP contribution < -0.4 is 4.90 Å². The molecule has 4 aliphatic rings. The molecule has 4 aliphatic heterocycles. The Morgan fingerprint density at radius 1 is 0.905 bits per heavy atom. The van der Waals surface area contributed by atoms with Crippen molar-refractivity contribution in [1.29, 1.82) is 0 Å². The summed E-state index contributed by atoms with van der Waals surface area (Å²) in [5.74, 6) is -2.61. The lowest BCUT2D eigenvalue weighted by Crippen LogP contribution is -2.58. The molecule has 2 unspecified atom stereocenters. The van der Waals surface area contributed by atoms with Crippen LogP contribution >= 0.6 is 0 Å². The number of hydrogen-bond acceptors (Lipinski definition) is 5. The molecular formula is C34H39N3O5. The third kappa shape index (κ3) is 4.23. The normalized spacial score (nSPS) is 31.9. The number of rotatable bonds is 7. The minimum Gasteiger partial charge on any atom is -0.394 e. The van der Waals surface area contributed by atoms with Gasteiger partial charge < -0.3 is 24.5 Å². The SMILES string of the molecule is CCCC(C)N1CC=C[C@]23O[C@@]4(C)C=CCN(c5ccccc5)C(=O)[C@H]4[C@H]2C(=O)N([C@H](CO)c2ccccc2)C3C1=O. The van der Waals surface area contributed by atoms with E-state index in [2.05, 4.69) is 6.92 Å². The van der Waals surface area contributed by atoms with Crippen LogP contribution in [-0.2, 0) is 19.1 Å². The predicted molar refractivity (Wildman–Crippen MR) is 159 cm³/mol. The lowest BCUT2D eigenvalue weighted by atomic mass is 9.74.